The zero-order chi connectivity index (χ0) is 12.7. The average molecular weight is 258 g/mol. The molecule has 3 rings (SSSR count). The third-order valence-electron chi connectivity index (χ3n) is 3.81. The maximum Gasteiger partial charge on any atom is 0.0487 e. The summed E-state index contributed by atoms with van der Waals surface area (Å²) < 4.78 is 0. The zero-order valence-electron chi connectivity index (χ0n) is 10.4. The minimum Gasteiger partial charge on any atom is -0.330 e. The van der Waals surface area contributed by atoms with Gasteiger partial charge in [0.05, 0.1) is 0 Å². The van der Waals surface area contributed by atoms with Crippen molar-refractivity contribution >= 4 is 11.6 Å². The van der Waals surface area contributed by atoms with Crippen molar-refractivity contribution in [2.75, 3.05) is 6.54 Å². The van der Waals surface area contributed by atoms with Gasteiger partial charge < -0.3 is 5.73 Å². The van der Waals surface area contributed by atoms with Gasteiger partial charge in [-0.25, -0.2) is 0 Å². The normalized spacial score (nSPS) is 16.5. The van der Waals surface area contributed by atoms with Crippen LogP contribution in [0.5, 0.6) is 0 Å². The fourth-order valence-corrected chi connectivity index (χ4v) is 3.34. The van der Waals surface area contributed by atoms with E-state index in [1.54, 1.807) is 0 Å². The van der Waals surface area contributed by atoms with E-state index in [1.807, 2.05) is 12.1 Å². The molecule has 0 saturated heterocycles. The summed E-state index contributed by atoms with van der Waals surface area (Å²) in [5.74, 6) is 0.401. The highest BCUT2D eigenvalue weighted by atomic mass is 35.5. The van der Waals surface area contributed by atoms with Crippen LogP contribution in [0, 0.1) is 6.92 Å². The van der Waals surface area contributed by atoms with Crippen LogP contribution in [0.1, 0.15) is 29.0 Å². The summed E-state index contributed by atoms with van der Waals surface area (Å²) in [7, 11) is 0. The number of hydrogen-bond donors (Lipinski definition) is 1. The third-order valence-corrected chi connectivity index (χ3v) is 4.12. The van der Waals surface area contributed by atoms with Crippen LogP contribution in [0.3, 0.4) is 0 Å². The number of fused-ring (bicyclic) bond motifs is 3. The molecule has 2 aromatic carbocycles. The molecule has 0 saturated carbocycles. The van der Waals surface area contributed by atoms with Crippen LogP contribution in [0.4, 0.5) is 0 Å². The van der Waals surface area contributed by atoms with Crippen LogP contribution in [-0.4, -0.2) is 6.54 Å². The molecule has 1 aliphatic rings. The molecule has 0 heterocycles. The van der Waals surface area contributed by atoms with Gasteiger partial charge >= 0.3 is 0 Å². The van der Waals surface area contributed by atoms with Crippen LogP contribution in [0.2, 0.25) is 5.02 Å². The monoisotopic (exact) mass is 257 g/mol. The van der Waals surface area contributed by atoms with Gasteiger partial charge in [0.25, 0.3) is 0 Å². The summed E-state index contributed by atoms with van der Waals surface area (Å²) in [4.78, 5) is 0. The molecule has 0 aromatic heterocycles. The Kier molecular flexibility index (Phi) is 2.89. The first kappa shape index (κ1) is 11.8. The van der Waals surface area contributed by atoms with Gasteiger partial charge in [-0.2, -0.15) is 0 Å². The second kappa shape index (κ2) is 4.42. The Morgan fingerprint density at radius 1 is 1.06 bits per heavy atom. The Balaban J connectivity index is 2.31. The molecule has 18 heavy (non-hydrogen) atoms. The predicted molar refractivity (Wildman–Crippen MR) is 77.1 cm³/mol. The SMILES string of the molecule is Cc1cccc2c1-c1c(Cl)cccc1C2CCN. The van der Waals surface area contributed by atoms with Crippen LogP contribution in [-0.2, 0) is 0 Å². The number of halogens is 1. The van der Waals surface area contributed by atoms with Crippen molar-refractivity contribution in [3.63, 3.8) is 0 Å². The first-order chi connectivity index (χ1) is 8.74. The molecule has 2 aromatic rings. The minimum absolute atomic E-state index is 0.401. The predicted octanol–water partition coefficient (Wildman–Crippen LogP) is 4.11. The smallest absolute Gasteiger partial charge is 0.0487 e. The van der Waals surface area contributed by atoms with Crippen molar-refractivity contribution in [2.24, 2.45) is 5.73 Å². The van der Waals surface area contributed by atoms with Crippen molar-refractivity contribution in [3.05, 3.63) is 58.1 Å². The molecule has 92 valence electrons. The van der Waals surface area contributed by atoms with Crippen molar-refractivity contribution in [2.45, 2.75) is 19.3 Å². The van der Waals surface area contributed by atoms with Crippen LogP contribution in [0.25, 0.3) is 11.1 Å². The van der Waals surface area contributed by atoms with Crippen molar-refractivity contribution < 1.29 is 0 Å². The number of aryl methyl sites for hydroxylation is 1. The number of hydrogen-bond acceptors (Lipinski definition) is 1. The van der Waals surface area contributed by atoms with E-state index in [-0.39, 0.29) is 0 Å². The van der Waals surface area contributed by atoms with Gasteiger partial charge in [0.1, 0.15) is 0 Å². The highest BCUT2D eigenvalue weighted by Gasteiger charge is 2.30. The van der Waals surface area contributed by atoms with Crippen LogP contribution < -0.4 is 5.73 Å². The van der Waals surface area contributed by atoms with E-state index >= 15 is 0 Å². The lowest BCUT2D eigenvalue weighted by Gasteiger charge is -2.12. The van der Waals surface area contributed by atoms with Gasteiger partial charge in [-0.1, -0.05) is 41.9 Å². The van der Waals surface area contributed by atoms with E-state index in [0.717, 1.165) is 11.4 Å². The summed E-state index contributed by atoms with van der Waals surface area (Å²) in [5.41, 5.74) is 12.3. The van der Waals surface area contributed by atoms with Gasteiger partial charge in [-0.3, -0.25) is 0 Å². The first-order valence-corrected chi connectivity index (χ1v) is 6.70. The van der Waals surface area contributed by atoms with Gasteiger partial charge in [0, 0.05) is 16.5 Å². The molecule has 1 nitrogen and oxygen atoms in total. The highest BCUT2D eigenvalue weighted by Crippen LogP contribution is 2.50. The van der Waals surface area contributed by atoms with E-state index in [9.17, 15) is 0 Å². The molecule has 0 aliphatic heterocycles. The quantitative estimate of drug-likeness (QED) is 0.861. The van der Waals surface area contributed by atoms with E-state index in [0.29, 0.717) is 12.5 Å². The van der Waals surface area contributed by atoms with E-state index in [4.69, 9.17) is 17.3 Å². The van der Waals surface area contributed by atoms with Crippen molar-refractivity contribution in [1.82, 2.24) is 0 Å². The van der Waals surface area contributed by atoms with Gasteiger partial charge in [-0.15, -0.1) is 0 Å². The second-order valence-electron chi connectivity index (χ2n) is 4.87. The van der Waals surface area contributed by atoms with E-state index < -0.39 is 0 Å². The molecule has 0 bridgehead atoms. The molecular weight excluding hydrogens is 242 g/mol. The Hall–Kier alpha value is -1.31. The number of rotatable bonds is 2. The summed E-state index contributed by atoms with van der Waals surface area (Å²) in [6, 6.07) is 12.7. The molecule has 0 fully saturated rings. The largest absolute Gasteiger partial charge is 0.330 e. The average Bonchev–Trinajstić information content (AvgIpc) is 2.68. The van der Waals surface area contributed by atoms with Gasteiger partial charge in [-0.05, 0) is 48.2 Å². The Bertz CT molecular complexity index is 553. The van der Waals surface area contributed by atoms with Crippen LogP contribution >= 0.6 is 11.6 Å². The summed E-state index contributed by atoms with van der Waals surface area (Å²) in [6.45, 7) is 2.85. The minimum atomic E-state index is 0.401. The molecule has 1 unspecified atom stereocenters. The fraction of sp³-hybridized carbons (Fsp3) is 0.250. The molecule has 1 atom stereocenters. The number of nitrogens with two attached hydrogens (primary N) is 1. The molecule has 0 radical (unpaired) electrons. The first-order valence-electron chi connectivity index (χ1n) is 6.32. The molecule has 2 N–H and O–H groups in total. The lowest BCUT2D eigenvalue weighted by molar-refractivity contribution is 0.741. The molecule has 0 spiro atoms. The van der Waals surface area contributed by atoms with Gasteiger partial charge in [0.2, 0.25) is 0 Å². The molecular formula is C16H16ClN. The Morgan fingerprint density at radius 3 is 2.44 bits per heavy atom. The van der Waals surface area contributed by atoms with Crippen molar-refractivity contribution in [3.8, 4) is 11.1 Å². The fourth-order valence-electron chi connectivity index (χ4n) is 3.06. The Morgan fingerprint density at radius 2 is 1.72 bits per heavy atom. The lowest BCUT2D eigenvalue weighted by atomic mass is 9.93. The highest BCUT2D eigenvalue weighted by molar-refractivity contribution is 6.33. The summed E-state index contributed by atoms with van der Waals surface area (Å²) in [6.07, 6.45) is 0.976. The summed E-state index contributed by atoms with van der Waals surface area (Å²) >= 11 is 6.40. The van der Waals surface area contributed by atoms with E-state index in [2.05, 4.69) is 31.2 Å². The third kappa shape index (κ3) is 1.58. The molecule has 1 aliphatic carbocycles. The molecule has 2 heteroatoms. The standard InChI is InChI=1S/C16H16ClN/c1-10-4-2-5-12-11(8-9-18)13-6-3-7-14(17)16(13)15(10)12/h2-7,11H,8-9,18H2,1H3. The van der Waals surface area contributed by atoms with E-state index in [1.165, 1.54) is 27.8 Å². The second-order valence-corrected chi connectivity index (χ2v) is 5.28. The lowest BCUT2D eigenvalue weighted by Crippen LogP contribution is -2.06. The zero-order valence-corrected chi connectivity index (χ0v) is 11.2. The van der Waals surface area contributed by atoms with Crippen molar-refractivity contribution in [1.29, 1.82) is 0 Å². The topological polar surface area (TPSA) is 26.0 Å². The summed E-state index contributed by atoms with van der Waals surface area (Å²) in [5, 5.41) is 0.850. The van der Waals surface area contributed by atoms with Gasteiger partial charge in [0.15, 0.2) is 0 Å². The molecule has 0 amide bonds. The Labute approximate surface area is 113 Å². The number of benzene rings is 2. The van der Waals surface area contributed by atoms with Crippen LogP contribution in [0.15, 0.2) is 36.4 Å². The maximum atomic E-state index is 6.40. The maximum absolute atomic E-state index is 6.40.